The smallest absolute Gasteiger partial charge is 0.262 e. The zero-order valence-electron chi connectivity index (χ0n) is 11.1. The van der Waals surface area contributed by atoms with E-state index in [2.05, 4.69) is 5.32 Å². The van der Waals surface area contributed by atoms with Gasteiger partial charge >= 0.3 is 0 Å². The van der Waals surface area contributed by atoms with Crippen molar-refractivity contribution in [2.24, 2.45) is 0 Å². The minimum atomic E-state index is -0.300. The minimum Gasteiger partial charge on any atom is -0.482 e. The molecule has 1 amide bonds. The van der Waals surface area contributed by atoms with E-state index in [0.29, 0.717) is 26.5 Å². The van der Waals surface area contributed by atoms with Gasteiger partial charge in [-0.05, 0) is 42.8 Å². The summed E-state index contributed by atoms with van der Waals surface area (Å²) in [6.45, 7) is 1.72. The molecule has 0 aliphatic carbocycles. The van der Waals surface area contributed by atoms with Crippen LogP contribution >= 0.6 is 34.8 Å². The number of ether oxygens (including phenoxy) is 1. The normalized spacial score (nSPS) is 10.3. The van der Waals surface area contributed by atoms with Crippen molar-refractivity contribution in [2.45, 2.75) is 6.92 Å². The van der Waals surface area contributed by atoms with Gasteiger partial charge in [0, 0.05) is 15.7 Å². The molecule has 0 radical (unpaired) electrons. The summed E-state index contributed by atoms with van der Waals surface area (Å²) in [5.41, 5.74) is 1.57. The molecule has 21 heavy (non-hydrogen) atoms. The molecule has 0 aliphatic heterocycles. The maximum Gasteiger partial charge on any atom is 0.262 e. The van der Waals surface area contributed by atoms with Crippen LogP contribution in [0.5, 0.6) is 5.75 Å². The van der Waals surface area contributed by atoms with Crippen LogP contribution in [-0.4, -0.2) is 12.5 Å². The molecule has 6 heteroatoms. The van der Waals surface area contributed by atoms with Crippen LogP contribution in [0, 0.1) is 6.92 Å². The van der Waals surface area contributed by atoms with Crippen molar-refractivity contribution >= 4 is 46.4 Å². The lowest BCUT2D eigenvalue weighted by Gasteiger charge is -2.11. The van der Waals surface area contributed by atoms with Gasteiger partial charge in [-0.1, -0.05) is 40.9 Å². The fourth-order valence-corrected chi connectivity index (χ4v) is 2.29. The van der Waals surface area contributed by atoms with E-state index in [9.17, 15) is 4.79 Å². The molecular formula is C15H12Cl3NO2. The number of nitrogens with one attached hydrogen (secondary N) is 1. The molecule has 1 N–H and O–H groups in total. The number of amides is 1. The van der Waals surface area contributed by atoms with E-state index < -0.39 is 0 Å². The lowest BCUT2D eigenvalue weighted by Crippen LogP contribution is -2.20. The molecule has 0 spiro atoms. The van der Waals surface area contributed by atoms with Gasteiger partial charge in [0.1, 0.15) is 5.75 Å². The Balaban J connectivity index is 1.97. The van der Waals surface area contributed by atoms with Gasteiger partial charge in [-0.15, -0.1) is 0 Å². The molecule has 0 saturated heterocycles. The van der Waals surface area contributed by atoms with Crippen LogP contribution in [-0.2, 0) is 4.79 Å². The summed E-state index contributed by atoms with van der Waals surface area (Å²) in [4.78, 5) is 11.9. The van der Waals surface area contributed by atoms with Crippen LogP contribution in [0.15, 0.2) is 36.4 Å². The van der Waals surface area contributed by atoms with Gasteiger partial charge in [0.05, 0.1) is 5.02 Å². The number of halogens is 3. The first kappa shape index (κ1) is 16.0. The van der Waals surface area contributed by atoms with E-state index in [-0.39, 0.29) is 12.5 Å². The first-order chi connectivity index (χ1) is 9.95. The minimum absolute atomic E-state index is 0.159. The highest BCUT2D eigenvalue weighted by atomic mass is 35.5. The molecule has 3 nitrogen and oxygen atoms in total. The quantitative estimate of drug-likeness (QED) is 0.850. The van der Waals surface area contributed by atoms with Gasteiger partial charge in [-0.25, -0.2) is 0 Å². The molecule has 110 valence electrons. The number of benzene rings is 2. The zero-order chi connectivity index (χ0) is 15.4. The van der Waals surface area contributed by atoms with Gasteiger partial charge in [-0.2, -0.15) is 0 Å². The maximum absolute atomic E-state index is 11.9. The van der Waals surface area contributed by atoms with Crippen molar-refractivity contribution < 1.29 is 9.53 Å². The number of carbonyl (C=O) groups excluding carboxylic acids is 1. The number of aryl methyl sites for hydroxylation is 1. The van der Waals surface area contributed by atoms with Gasteiger partial charge in [0.15, 0.2) is 6.61 Å². The van der Waals surface area contributed by atoms with Crippen molar-refractivity contribution in [3.63, 3.8) is 0 Å². The summed E-state index contributed by atoms with van der Waals surface area (Å²) >= 11 is 17.6. The second kappa shape index (κ2) is 7.03. The van der Waals surface area contributed by atoms with Crippen molar-refractivity contribution in [1.82, 2.24) is 0 Å². The molecule has 2 aromatic rings. The van der Waals surface area contributed by atoms with Crippen LogP contribution < -0.4 is 10.1 Å². The second-order valence-corrected chi connectivity index (χ2v) is 5.65. The van der Waals surface area contributed by atoms with E-state index >= 15 is 0 Å². The SMILES string of the molecule is Cc1ccc(Cl)cc1NC(=O)COc1ccc(Cl)cc1Cl. The second-order valence-electron chi connectivity index (χ2n) is 4.37. The van der Waals surface area contributed by atoms with Crippen molar-refractivity contribution in [1.29, 1.82) is 0 Å². The third kappa shape index (κ3) is 4.53. The molecule has 0 aliphatic rings. The highest BCUT2D eigenvalue weighted by Gasteiger charge is 2.08. The van der Waals surface area contributed by atoms with Gasteiger partial charge in [0.2, 0.25) is 0 Å². The average molecular weight is 345 g/mol. The highest BCUT2D eigenvalue weighted by Crippen LogP contribution is 2.27. The largest absolute Gasteiger partial charge is 0.482 e. The predicted octanol–water partition coefficient (Wildman–Crippen LogP) is 4.97. The van der Waals surface area contributed by atoms with Gasteiger partial charge in [0.25, 0.3) is 5.91 Å². The van der Waals surface area contributed by atoms with Crippen LogP contribution in [0.1, 0.15) is 5.56 Å². The summed E-state index contributed by atoms with van der Waals surface area (Å²) in [7, 11) is 0. The summed E-state index contributed by atoms with van der Waals surface area (Å²) in [6, 6.07) is 10.1. The van der Waals surface area contributed by atoms with Crippen molar-refractivity contribution in [3.05, 3.63) is 57.0 Å². The van der Waals surface area contributed by atoms with E-state index in [0.717, 1.165) is 5.56 Å². The van der Waals surface area contributed by atoms with Crippen LogP contribution in [0.4, 0.5) is 5.69 Å². The molecule has 0 saturated carbocycles. The van der Waals surface area contributed by atoms with E-state index in [1.165, 1.54) is 0 Å². The molecule has 0 fully saturated rings. The Labute approximate surface area is 137 Å². The number of anilines is 1. The number of hydrogen-bond acceptors (Lipinski definition) is 2. The van der Waals surface area contributed by atoms with E-state index in [1.54, 1.807) is 30.3 Å². The Kier molecular flexibility index (Phi) is 5.34. The van der Waals surface area contributed by atoms with Crippen LogP contribution in [0.25, 0.3) is 0 Å². The third-order valence-corrected chi connectivity index (χ3v) is 3.49. The fraction of sp³-hybridized carbons (Fsp3) is 0.133. The molecule has 0 atom stereocenters. The molecule has 0 unspecified atom stereocenters. The lowest BCUT2D eigenvalue weighted by molar-refractivity contribution is -0.118. The maximum atomic E-state index is 11.9. The van der Waals surface area contributed by atoms with Crippen LogP contribution in [0.2, 0.25) is 15.1 Å². The topological polar surface area (TPSA) is 38.3 Å². The Morgan fingerprint density at radius 3 is 2.48 bits per heavy atom. The molecule has 0 heterocycles. The first-order valence-electron chi connectivity index (χ1n) is 6.09. The Hall–Kier alpha value is -1.42. The van der Waals surface area contributed by atoms with E-state index in [4.69, 9.17) is 39.5 Å². The van der Waals surface area contributed by atoms with Crippen LogP contribution in [0.3, 0.4) is 0 Å². The Morgan fingerprint density at radius 2 is 1.76 bits per heavy atom. The third-order valence-electron chi connectivity index (χ3n) is 2.73. The van der Waals surface area contributed by atoms with Gasteiger partial charge < -0.3 is 10.1 Å². The number of carbonyl (C=O) groups is 1. The molecule has 0 aromatic heterocycles. The van der Waals surface area contributed by atoms with Gasteiger partial charge in [-0.3, -0.25) is 4.79 Å². The Morgan fingerprint density at radius 1 is 1.10 bits per heavy atom. The molecular weight excluding hydrogens is 333 g/mol. The molecule has 0 bridgehead atoms. The van der Waals surface area contributed by atoms with Crippen molar-refractivity contribution in [2.75, 3.05) is 11.9 Å². The number of hydrogen-bond donors (Lipinski definition) is 1. The summed E-state index contributed by atoms with van der Waals surface area (Å²) in [5.74, 6) is 0.102. The molecule has 2 aromatic carbocycles. The summed E-state index contributed by atoms with van der Waals surface area (Å²) < 4.78 is 5.36. The zero-order valence-corrected chi connectivity index (χ0v) is 13.4. The monoisotopic (exact) mass is 343 g/mol. The predicted molar refractivity (Wildman–Crippen MR) is 86.8 cm³/mol. The summed E-state index contributed by atoms with van der Waals surface area (Å²) in [6.07, 6.45) is 0. The summed E-state index contributed by atoms with van der Waals surface area (Å²) in [5, 5.41) is 4.15. The Bertz CT molecular complexity index is 674. The lowest BCUT2D eigenvalue weighted by atomic mass is 10.2. The highest BCUT2D eigenvalue weighted by molar-refractivity contribution is 6.35. The fourth-order valence-electron chi connectivity index (χ4n) is 1.65. The first-order valence-corrected chi connectivity index (χ1v) is 7.23. The average Bonchev–Trinajstić information content (AvgIpc) is 2.42. The van der Waals surface area contributed by atoms with E-state index in [1.807, 2.05) is 13.0 Å². The van der Waals surface area contributed by atoms with Crippen molar-refractivity contribution in [3.8, 4) is 5.75 Å². The molecule has 2 rings (SSSR count). The number of rotatable bonds is 4. The standard InChI is InChI=1S/C15H12Cl3NO2/c1-9-2-3-11(17)7-13(9)19-15(20)8-21-14-5-4-10(16)6-12(14)18/h2-7H,8H2,1H3,(H,19,20).